The number of carbonyl (C=O) groups is 1. The highest BCUT2D eigenvalue weighted by Crippen LogP contribution is 2.24. The van der Waals surface area contributed by atoms with Gasteiger partial charge < -0.3 is 5.32 Å². The quantitative estimate of drug-likeness (QED) is 0.327. The summed E-state index contributed by atoms with van der Waals surface area (Å²) in [6, 6.07) is 15.4. The molecule has 164 valence electrons. The van der Waals surface area contributed by atoms with Crippen molar-refractivity contribution < 1.29 is 4.79 Å². The van der Waals surface area contributed by atoms with Crippen LogP contribution in [0.25, 0.3) is 22.4 Å². The molecule has 0 saturated carbocycles. The monoisotopic (exact) mass is 447 g/mol. The van der Waals surface area contributed by atoms with E-state index < -0.39 is 0 Å². The fourth-order valence-corrected chi connectivity index (χ4v) is 4.33. The number of benzene rings is 2. The molecule has 0 aliphatic carbocycles. The summed E-state index contributed by atoms with van der Waals surface area (Å²) in [4.78, 5) is 25.5. The van der Waals surface area contributed by atoms with Crippen molar-refractivity contribution in [2.45, 2.75) is 31.3 Å². The first-order valence-corrected chi connectivity index (χ1v) is 11.5. The lowest BCUT2D eigenvalue weighted by Gasteiger charge is -2.13. The number of nitrogens with zero attached hydrogens (tertiary/aromatic N) is 4. The second-order valence-corrected chi connectivity index (χ2v) is 8.50. The second kappa shape index (κ2) is 9.40. The summed E-state index contributed by atoms with van der Waals surface area (Å²) >= 11 is 1.28. The highest BCUT2D eigenvalue weighted by molar-refractivity contribution is 7.99. The molecule has 2 aromatic carbocycles. The van der Waals surface area contributed by atoms with Crippen molar-refractivity contribution >= 4 is 34.3 Å². The van der Waals surface area contributed by atoms with Crippen molar-refractivity contribution in [1.29, 1.82) is 0 Å². The Hall–Kier alpha value is -3.39. The van der Waals surface area contributed by atoms with E-state index >= 15 is 0 Å². The van der Waals surface area contributed by atoms with Crippen molar-refractivity contribution in [2.24, 2.45) is 0 Å². The summed E-state index contributed by atoms with van der Waals surface area (Å²) in [6.45, 7) is 8.35. The first-order chi connectivity index (χ1) is 15.5. The van der Waals surface area contributed by atoms with Crippen LogP contribution in [0, 0.1) is 0 Å². The zero-order valence-corrected chi connectivity index (χ0v) is 18.9. The molecule has 0 saturated heterocycles. The standard InChI is InChI=1S/C24H25N5O2S/c1-4-14-25-21(30)15-32-24-27-26-23-28(18-12-10-17(11-13-18)16(3)5-2)22(31)19-8-6-7-9-20(19)29(23)24/h4,6-13,16H,1,5,14-15H2,2-3H3,(H,25,30)/t16-/m1/s1. The minimum Gasteiger partial charge on any atom is -0.352 e. The van der Waals surface area contributed by atoms with Gasteiger partial charge in [0.25, 0.3) is 5.56 Å². The molecule has 4 aromatic rings. The summed E-state index contributed by atoms with van der Waals surface area (Å²) in [6.07, 6.45) is 2.68. The number of hydrogen-bond donors (Lipinski definition) is 1. The molecule has 0 spiro atoms. The normalized spacial score (nSPS) is 12.2. The second-order valence-electron chi connectivity index (χ2n) is 7.56. The van der Waals surface area contributed by atoms with E-state index in [-0.39, 0.29) is 17.2 Å². The zero-order chi connectivity index (χ0) is 22.7. The number of nitrogens with one attached hydrogen (secondary N) is 1. The molecule has 1 atom stereocenters. The van der Waals surface area contributed by atoms with Crippen LogP contribution >= 0.6 is 11.8 Å². The number of hydrogen-bond acceptors (Lipinski definition) is 5. The Kier molecular flexibility index (Phi) is 6.41. The third-order valence-electron chi connectivity index (χ3n) is 5.50. The van der Waals surface area contributed by atoms with Crippen LogP contribution in [0.4, 0.5) is 0 Å². The average Bonchev–Trinajstić information content (AvgIpc) is 3.25. The molecule has 0 unspecified atom stereocenters. The summed E-state index contributed by atoms with van der Waals surface area (Å²) < 4.78 is 3.42. The molecular weight excluding hydrogens is 422 g/mol. The number of thioether (sulfide) groups is 1. The van der Waals surface area contributed by atoms with Crippen LogP contribution < -0.4 is 10.9 Å². The van der Waals surface area contributed by atoms with Crippen molar-refractivity contribution in [1.82, 2.24) is 24.5 Å². The average molecular weight is 448 g/mol. The zero-order valence-electron chi connectivity index (χ0n) is 18.1. The molecule has 0 fully saturated rings. The molecule has 2 aromatic heterocycles. The van der Waals surface area contributed by atoms with Gasteiger partial charge in [0.15, 0.2) is 5.16 Å². The molecular formula is C24H25N5O2S. The Morgan fingerprint density at radius 1 is 1.19 bits per heavy atom. The predicted octanol–water partition coefficient (Wildman–Crippen LogP) is 3.94. The van der Waals surface area contributed by atoms with Gasteiger partial charge in [-0.15, -0.1) is 16.8 Å². The molecule has 0 bridgehead atoms. The number of aromatic nitrogens is 4. The van der Waals surface area contributed by atoms with Crippen molar-refractivity contribution in [2.75, 3.05) is 12.3 Å². The van der Waals surface area contributed by atoms with Crippen LogP contribution in [0.2, 0.25) is 0 Å². The molecule has 0 radical (unpaired) electrons. The van der Waals surface area contributed by atoms with Crippen LogP contribution in [0.1, 0.15) is 31.7 Å². The van der Waals surface area contributed by atoms with E-state index in [4.69, 9.17) is 0 Å². The van der Waals surface area contributed by atoms with Crippen LogP contribution in [-0.4, -0.2) is 37.4 Å². The number of carbonyl (C=O) groups excluding carboxylic acids is 1. The fraction of sp³-hybridized carbons (Fsp3) is 0.250. The molecule has 0 aliphatic rings. The molecule has 32 heavy (non-hydrogen) atoms. The van der Waals surface area contributed by atoms with E-state index in [0.29, 0.717) is 34.3 Å². The van der Waals surface area contributed by atoms with Gasteiger partial charge in [0.05, 0.1) is 22.3 Å². The Balaban J connectivity index is 1.84. The van der Waals surface area contributed by atoms with Crippen LogP contribution in [0.3, 0.4) is 0 Å². The number of fused-ring (bicyclic) bond motifs is 3. The number of para-hydroxylation sites is 1. The van der Waals surface area contributed by atoms with Gasteiger partial charge in [0, 0.05) is 6.54 Å². The highest BCUT2D eigenvalue weighted by Gasteiger charge is 2.18. The van der Waals surface area contributed by atoms with Crippen LogP contribution in [0.15, 0.2) is 71.1 Å². The summed E-state index contributed by atoms with van der Waals surface area (Å²) in [5.41, 5.74) is 2.51. The lowest BCUT2D eigenvalue weighted by molar-refractivity contribution is -0.118. The maximum Gasteiger partial charge on any atom is 0.267 e. The van der Waals surface area contributed by atoms with Gasteiger partial charge in [-0.3, -0.25) is 14.0 Å². The molecule has 0 aliphatic heterocycles. The third kappa shape index (κ3) is 4.05. The lowest BCUT2D eigenvalue weighted by Crippen LogP contribution is -2.25. The first-order valence-electron chi connectivity index (χ1n) is 10.5. The van der Waals surface area contributed by atoms with Crippen LogP contribution in [0.5, 0.6) is 0 Å². The largest absolute Gasteiger partial charge is 0.352 e. The summed E-state index contributed by atoms with van der Waals surface area (Å²) in [5.74, 6) is 0.927. The minimum atomic E-state index is -0.155. The van der Waals surface area contributed by atoms with E-state index in [1.54, 1.807) is 16.7 Å². The maximum absolute atomic E-state index is 13.4. The molecule has 7 nitrogen and oxygen atoms in total. The Bertz CT molecular complexity index is 1340. The van der Waals surface area contributed by atoms with Crippen molar-refractivity contribution in [3.05, 3.63) is 77.1 Å². The van der Waals surface area contributed by atoms with Gasteiger partial charge in [0.1, 0.15) is 0 Å². The smallest absolute Gasteiger partial charge is 0.267 e. The topological polar surface area (TPSA) is 81.3 Å². The highest BCUT2D eigenvalue weighted by atomic mass is 32.2. The van der Waals surface area contributed by atoms with Gasteiger partial charge >= 0.3 is 0 Å². The maximum atomic E-state index is 13.4. The molecule has 8 heteroatoms. The summed E-state index contributed by atoms with van der Waals surface area (Å²) in [5, 5.41) is 12.5. The summed E-state index contributed by atoms with van der Waals surface area (Å²) in [7, 11) is 0. The molecule has 4 rings (SSSR count). The fourth-order valence-electron chi connectivity index (χ4n) is 3.56. The minimum absolute atomic E-state index is 0.120. The predicted molar refractivity (Wildman–Crippen MR) is 129 cm³/mol. The lowest BCUT2D eigenvalue weighted by atomic mass is 9.98. The van der Waals surface area contributed by atoms with Gasteiger partial charge in [-0.05, 0) is 42.2 Å². The van der Waals surface area contributed by atoms with Crippen molar-refractivity contribution in [3.63, 3.8) is 0 Å². The van der Waals surface area contributed by atoms with E-state index in [9.17, 15) is 9.59 Å². The van der Waals surface area contributed by atoms with E-state index in [0.717, 1.165) is 12.1 Å². The Morgan fingerprint density at radius 3 is 2.66 bits per heavy atom. The number of amides is 1. The molecule has 2 heterocycles. The number of rotatable bonds is 8. The van der Waals surface area contributed by atoms with Crippen LogP contribution in [-0.2, 0) is 4.79 Å². The Morgan fingerprint density at radius 2 is 1.94 bits per heavy atom. The van der Waals surface area contributed by atoms with Crippen molar-refractivity contribution in [3.8, 4) is 5.69 Å². The van der Waals surface area contributed by atoms with E-state index in [1.165, 1.54) is 17.3 Å². The molecule has 1 N–H and O–H groups in total. The van der Waals surface area contributed by atoms with Gasteiger partial charge in [0.2, 0.25) is 11.7 Å². The van der Waals surface area contributed by atoms with E-state index in [1.807, 2.05) is 34.7 Å². The van der Waals surface area contributed by atoms with E-state index in [2.05, 4.69) is 48.1 Å². The SMILES string of the molecule is C=CCNC(=O)CSc1nnc2n(-c3ccc([C@H](C)CC)cc3)c(=O)c3ccccc3n12. The first kappa shape index (κ1) is 21.8. The Labute approximate surface area is 190 Å². The van der Waals surface area contributed by atoms with Gasteiger partial charge in [-0.2, -0.15) is 0 Å². The van der Waals surface area contributed by atoms with Gasteiger partial charge in [-0.1, -0.05) is 56.0 Å². The van der Waals surface area contributed by atoms with Gasteiger partial charge in [-0.25, -0.2) is 4.57 Å². The molecule has 1 amide bonds. The third-order valence-corrected chi connectivity index (χ3v) is 6.43.